The van der Waals surface area contributed by atoms with E-state index in [1.807, 2.05) is 0 Å². The Morgan fingerprint density at radius 3 is 2.60 bits per heavy atom. The van der Waals surface area contributed by atoms with E-state index in [0.29, 0.717) is 0 Å². The number of benzene rings is 1. The molecule has 0 radical (unpaired) electrons. The standard InChI is InChI=1S/C14H16O6/c1-9(13(17)18)6-7-10(15)8-20-14(19)11-4-2-3-5-12(11)16/h2-6,10,15-16H,7-8H2,1H3,(H,17,18). The maximum Gasteiger partial charge on any atom is 0.342 e. The van der Waals surface area contributed by atoms with E-state index in [4.69, 9.17) is 9.84 Å². The summed E-state index contributed by atoms with van der Waals surface area (Å²) in [6.45, 7) is 1.12. The lowest BCUT2D eigenvalue weighted by Crippen LogP contribution is -2.18. The Bertz CT molecular complexity index is 520. The van der Waals surface area contributed by atoms with Crippen LogP contribution < -0.4 is 0 Å². The molecule has 0 spiro atoms. The fraction of sp³-hybridized carbons (Fsp3) is 0.286. The van der Waals surface area contributed by atoms with Crippen molar-refractivity contribution in [1.82, 2.24) is 0 Å². The molecular weight excluding hydrogens is 264 g/mol. The maximum absolute atomic E-state index is 11.6. The average Bonchev–Trinajstić information content (AvgIpc) is 2.42. The third-order valence-electron chi connectivity index (χ3n) is 2.56. The summed E-state index contributed by atoms with van der Waals surface area (Å²) in [5, 5.41) is 27.6. The number of ether oxygens (including phenoxy) is 1. The van der Waals surface area contributed by atoms with Gasteiger partial charge in [-0.15, -0.1) is 0 Å². The van der Waals surface area contributed by atoms with Gasteiger partial charge in [-0.2, -0.15) is 0 Å². The van der Waals surface area contributed by atoms with Gasteiger partial charge >= 0.3 is 11.9 Å². The van der Waals surface area contributed by atoms with Gasteiger partial charge in [0.2, 0.25) is 0 Å². The zero-order valence-corrected chi connectivity index (χ0v) is 10.9. The molecule has 3 N–H and O–H groups in total. The zero-order valence-electron chi connectivity index (χ0n) is 10.9. The quantitative estimate of drug-likeness (QED) is 0.536. The molecule has 0 aliphatic carbocycles. The van der Waals surface area contributed by atoms with E-state index in [1.54, 1.807) is 12.1 Å². The molecule has 6 nitrogen and oxygen atoms in total. The van der Waals surface area contributed by atoms with Crippen LogP contribution in [0.15, 0.2) is 35.9 Å². The number of aliphatic carboxylic acids is 1. The molecule has 0 amide bonds. The number of hydrogen-bond donors (Lipinski definition) is 3. The third-order valence-corrected chi connectivity index (χ3v) is 2.56. The Hall–Kier alpha value is -2.34. The zero-order chi connectivity index (χ0) is 15.1. The number of carboxylic acids is 1. The molecule has 0 saturated carbocycles. The summed E-state index contributed by atoms with van der Waals surface area (Å²) in [4.78, 5) is 22.2. The maximum atomic E-state index is 11.6. The van der Waals surface area contributed by atoms with Crippen molar-refractivity contribution in [3.8, 4) is 5.75 Å². The number of aromatic hydroxyl groups is 1. The lowest BCUT2D eigenvalue weighted by atomic mass is 10.2. The van der Waals surface area contributed by atoms with E-state index in [9.17, 15) is 19.8 Å². The largest absolute Gasteiger partial charge is 0.507 e. The van der Waals surface area contributed by atoms with Gasteiger partial charge in [-0.25, -0.2) is 9.59 Å². The first kappa shape index (κ1) is 15.7. The van der Waals surface area contributed by atoms with Crippen LogP contribution >= 0.6 is 0 Å². The highest BCUT2D eigenvalue weighted by Gasteiger charge is 2.14. The van der Waals surface area contributed by atoms with Crippen LogP contribution in [-0.2, 0) is 9.53 Å². The highest BCUT2D eigenvalue weighted by Crippen LogP contribution is 2.16. The second kappa shape index (κ2) is 7.30. The molecule has 0 aliphatic rings. The van der Waals surface area contributed by atoms with Crippen LogP contribution in [0.3, 0.4) is 0 Å². The van der Waals surface area contributed by atoms with Gasteiger partial charge in [-0.05, 0) is 25.5 Å². The molecule has 20 heavy (non-hydrogen) atoms. The van der Waals surface area contributed by atoms with Crippen LogP contribution in [-0.4, -0.2) is 40.0 Å². The predicted octanol–water partition coefficient (Wildman–Crippen LogP) is 1.33. The molecule has 108 valence electrons. The van der Waals surface area contributed by atoms with E-state index < -0.39 is 18.0 Å². The summed E-state index contributed by atoms with van der Waals surface area (Å²) >= 11 is 0. The van der Waals surface area contributed by atoms with Crippen LogP contribution in [0.4, 0.5) is 0 Å². The van der Waals surface area contributed by atoms with Gasteiger partial charge in [0.1, 0.15) is 17.9 Å². The van der Waals surface area contributed by atoms with Crippen molar-refractivity contribution in [2.75, 3.05) is 6.61 Å². The van der Waals surface area contributed by atoms with Gasteiger partial charge in [-0.3, -0.25) is 0 Å². The summed E-state index contributed by atoms with van der Waals surface area (Å²) in [5.41, 5.74) is 0.119. The van der Waals surface area contributed by atoms with Crippen molar-refractivity contribution in [2.24, 2.45) is 0 Å². The molecular formula is C14H16O6. The SMILES string of the molecule is CC(=CCC(O)COC(=O)c1ccccc1O)C(=O)O. The van der Waals surface area contributed by atoms with Crippen molar-refractivity contribution in [2.45, 2.75) is 19.4 Å². The average molecular weight is 280 g/mol. The normalized spacial score (nSPS) is 12.8. The van der Waals surface area contributed by atoms with Gasteiger partial charge in [-0.1, -0.05) is 18.2 Å². The Morgan fingerprint density at radius 2 is 2.00 bits per heavy atom. The Kier molecular flexibility index (Phi) is 5.74. The molecule has 0 aromatic heterocycles. The fourth-order valence-electron chi connectivity index (χ4n) is 1.36. The second-order valence-corrected chi connectivity index (χ2v) is 4.20. The van der Waals surface area contributed by atoms with E-state index in [1.165, 1.54) is 25.1 Å². The summed E-state index contributed by atoms with van der Waals surface area (Å²) in [6, 6.07) is 5.90. The summed E-state index contributed by atoms with van der Waals surface area (Å²) < 4.78 is 4.84. The number of aliphatic hydroxyl groups excluding tert-OH is 1. The van der Waals surface area contributed by atoms with Crippen molar-refractivity contribution < 1.29 is 29.6 Å². The first-order valence-corrected chi connectivity index (χ1v) is 5.95. The van der Waals surface area contributed by atoms with Gasteiger partial charge in [0, 0.05) is 5.57 Å². The minimum absolute atomic E-state index is 0.0111. The van der Waals surface area contributed by atoms with E-state index in [-0.39, 0.29) is 29.9 Å². The van der Waals surface area contributed by atoms with Crippen molar-refractivity contribution >= 4 is 11.9 Å². The molecule has 1 aromatic carbocycles. The summed E-state index contributed by atoms with van der Waals surface area (Å²) in [6.07, 6.45) is 0.409. The van der Waals surface area contributed by atoms with Crippen LogP contribution in [0.1, 0.15) is 23.7 Å². The Balaban J connectivity index is 2.47. The smallest absolute Gasteiger partial charge is 0.342 e. The lowest BCUT2D eigenvalue weighted by Gasteiger charge is -2.10. The topological polar surface area (TPSA) is 104 Å². The van der Waals surface area contributed by atoms with Gasteiger partial charge < -0.3 is 20.1 Å². The van der Waals surface area contributed by atoms with Crippen molar-refractivity contribution in [3.05, 3.63) is 41.5 Å². The van der Waals surface area contributed by atoms with E-state index >= 15 is 0 Å². The molecule has 6 heteroatoms. The summed E-state index contributed by atoms with van der Waals surface area (Å²) in [7, 11) is 0. The van der Waals surface area contributed by atoms with Crippen molar-refractivity contribution in [1.29, 1.82) is 0 Å². The monoisotopic (exact) mass is 280 g/mol. The summed E-state index contributed by atoms with van der Waals surface area (Å²) in [5.74, 6) is -2.02. The third kappa shape index (κ3) is 4.74. The highest BCUT2D eigenvalue weighted by atomic mass is 16.5. The minimum atomic E-state index is -1.07. The van der Waals surface area contributed by atoms with E-state index in [0.717, 1.165) is 0 Å². The number of hydrogen-bond acceptors (Lipinski definition) is 5. The fourth-order valence-corrected chi connectivity index (χ4v) is 1.36. The van der Waals surface area contributed by atoms with Gasteiger partial charge in [0.15, 0.2) is 0 Å². The number of carboxylic acid groups (broad SMARTS) is 1. The molecule has 1 atom stereocenters. The molecule has 1 aromatic rings. The molecule has 0 heterocycles. The second-order valence-electron chi connectivity index (χ2n) is 4.20. The van der Waals surface area contributed by atoms with Gasteiger partial charge in [0.25, 0.3) is 0 Å². The number of phenols is 1. The van der Waals surface area contributed by atoms with Crippen LogP contribution in [0.25, 0.3) is 0 Å². The van der Waals surface area contributed by atoms with E-state index in [2.05, 4.69) is 0 Å². The molecule has 0 bridgehead atoms. The molecule has 1 rings (SSSR count). The first-order chi connectivity index (χ1) is 9.41. The number of phenolic OH excluding ortho intramolecular Hbond substituents is 1. The predicted molar refractivity (Wildman–Crippen MR) is 70.4 cm³/mol. The number of carbonyl (C=O) groups is 2. The molecule has 0 aliphatic heterocycles. The number of esters is 1. The number of aliphatic hydroxyl groups is 1. The molecule has 0 fully saturated rings. The van der Waals surface area contributed by atoms with Gasteiger partial charge in [0.05, 0.1) is 6.10 Å². The van der Waals surface area contributed by atoms with Crippen molar-refractivity contribution in [3.63, 3.8) is 0 Å². The minimum Gasteiger partial charge on any atom is -0.507 e. The lowest BCUT2D eigenvalue weighted by molar-refractivity contribution is -0.132. The number of rotatable bonds is 6. The first-order valence-electron chi connectivity index (χ1n) is 5.95. The Morgan fingerprint density at radius 1 is 1.35 bits per heavy atom. The number of para-hydroxylation sites is 1. The number of carbonyl (C=O) groups excluding carboxylic acids is 1. The highest BCUT2D eigenvalue weighted by molar-refractivity contribution is 5.92. The Labute approximate surface area is 115 Å². The van der Waals surface area contributed by atoms with Crippen LogP contribution in [0.2, 0.25) is 0 Å². The molecule has 0 saturated heterocycles. The van der Waals surface area contributed by atoms with Crippen LogP contribution in [0.5, 0.6) is 5.75 Å². The van der Waals surface area contributed by atoms with Crippen LogP contribution in [0, 0.1) is 0 Å². The molecule has 1 unspecified atom stereocenters.